The summed E-state index contributed by atoms with van der Waals surface area (Å²) in [5.74, 6) is 0. The molecule has 0 fully saturated rings. The summed E-state index contributed by atoms with van der Waals surface area (Å²) in [6.45, 7) is 6.82. The summed E-state index contributed by atoms with van der Waals surface area (Å²) in [6.07, 6.45) is 2.18. The minimum absolute atomic E-state index is 0.0263. The molecule has 0 spiro atoms. The van der Waals surface area contributed by atoms with E-state index in [0.717, 1.165) is 12.8 Å². The third-order valence-electron chi connectivity index (χ3n) is 2.02. The lowest BCUT2D eigenvalue weighted by Crippen LogP contribution is -2.42. The maximum absolute atomic E-state index is 11.3. The molecule has 0 aromatic rings. The Bertz CT molecular complexity index is 136. The molecule has 1 N–H and O–H groups in total. The smallest absolute Gasteiger partial charge is 0.317 e. The van der Waals surface area contributed by atoms with Gasteiger partial charge in [0.05, 0.1) is 0 Å². The average Bonchev–Trinajstić information content (AvgIpc) is 2.04. The summed E-state index contributed by atoms with van der Waals surface area (Å²) < 4.78 is 0. The van der Waals surface area contributed by atoms with E-state index in [9.17, 15) is 4.79 Å². The molecule has 0 heterocycles. The van der Waals surface area contributed by atoms with Crippen LogP contribution in [0, 0.1) is 0 Å². The Morgan fingerprint density at radius 1 is 1.50 bits per heavy atom. The van der Waals surface area contributed by atoms with Gasteiger partial charge in [-0.05, 0) is 20.3 Å². The van der Waals surface area contributed by atoms with Crippen LogP contribution in [0.25, 0.3) is 0 Å². The fourth-order valence-electron chi connectivity index (χ4n) is 1.09. The SMILES string of the molecule is CCCC(C)N(C)C(=O)NCC. The van der Waals surface area contributed by atoms with Crippen molar-refractivity contribution in [3.8, 4) is 0 Å². The normalized spacial score (nSPS) is 12.3. The van der Waals surface area contributed by atoms with Crippen LogP contribution in [0.2, 0.25) is 0 Å². The zero-order chi connectivity index (χ0) is 9.56. The zero-order valence-electron chi connectivity index (χ0n) is 8.55. The Balaban J connectivity index is 3.82. The van der Waals surface area contributed by atoms with Crippen LogP contribution in [-0.2, 0) is 0 Å². The van der Waals surface area contributed by atoms with Crippen LogP contribution in [0.4, 0.5) is 4.79 Å². The van der Waals surface area contributed by atoms with Gasteiger partial charge in [0.2, 0.25) is 0 Å². The van der Waals surface area contributed by atoms with E-state index in [4.69, 9.17) is 0 Å². The molecule has 0 saturated carbocycles. The standard InChI is InChI=1S/C9H20N2O/c1-5-7-8(3)11(4)9(12)10-6-2/h8H,5-7H2,1-4H3,(H,10,12). The molecule has 3 heteroatoms. The Hall–Kier alpha value is -0.730. The number of nitrogens with one attached hydrogen (secondary N) is 1. The summed E-state index contributed by atoms with van der Waals surface area (Å²) >= 11 is 0. The Morgan fingerprint density at radius 3 is 2.50 bits per heavy atom. The number of carbonyl (C=O) groups excluding carboxylic acids is 1. The Morgan fingerprint density at radius 2 is 2.08 bits per heavy atom. The van der Waals surface area contributed by atoms with Gasteiger partial charge in [-0.1, -0.05) is 13.3 Å². The first-order valence-electron chi connectivity index (χ1n) is 4.64. The van der Waals surface area contributed by atoms with Crippen LogP contribution < -0.4 is 5.32 Å². The minimum atomic E-state index is 0.0263. The summed E-state index contributed by atoms with van der Waals surface area (Å²) in [7, 11) is 1.84. The molecular weight excluding hydrogens is 152 g/mol. The molecule has 1 unspecified atom stereocenters. The summed E-state index contributed by atoms with van der Waals surface area (Å²) in [4.78, 5) is 13.0. The molecule has 72 valence electrons. The Kier molecular flexibility index (Phi) is 5.51. The zero-order valence-corrected chi connectivity index (χ0v) is 8.55. The van der Waals surface area contributed by atoms with Crippen LogP contribution in [0.3, 0.4) is 0 Å². The number of hydrogen-bond donors (Lipinski definition) is 1. The van der Waals surface area contributed by atoms with Gasteiger partial charge in [0.25, 0.3) is 0 Å². The highest BCUT2D eigenvalue weighted by Crippen LogP contribution is 2.03. The fourth-order valence-corrected chi connectivity index (χ4v) is 1.09. The van der Waals surface area contributed by atoms with Crippen LogP contribution in [0.15, 0.2) is 0 Å². The molecule has 0 aliphatic heterocycles. The first kappa shape index (κ1) is 11.3. The van der Waals surface area contributed by atoms with Gasteiger partial charge in [0, 0.05) is 19.6 Å². The summed E-state index contributed by atoms with van der Waals surface area (Å²) in [5.41, 5.74) is 0. The van der Waals surface area contributed by atoms with Gasteiger partial charge in [-0.15, -0.1) is 0 Å². The number of amides is 2. The van der Waals surface area contributed by atoms with Crippen molar-refractivity contribution in [3.63, 3.8) is 0 Å². The lowest BCUT2D eigenvalue weighted by Gasteiger charge is -2.24. The Labute approximate surface area is 75.1 Å². The van der Waals surface area contributed by atoms with Gasteiger partial charge in [0.1, 0.15) is 0 Å². The first-order valence-corrected chi connectivity index (χ1v) is 4.64. The maximum atomic E-state index is 11.3. The van der Waals surface area contributed by atoms with Gasteiger partial charge in [-0.2, -0.15) is 0 Å². The van der Waals surface area contributed by atoms with E-state index in [-0.39, 0.29) is 6.03 Å². The molecule has 0 aliphatic carbocycles. The van der Waals surface area contributed by atoms with E-state index in [2.05, 4.69) is 19.2 Å². The van der Waals surface area contributed by atoms with E-state index >= 15 is 0 Å². The maximum Gasteiger partial charge on any atom is 0.317 e. The topological polar surface area (TPSA) is 32.3 Å². The van der Waals surface area contributed by atoms with E-state index in [1.165, 1.54) is 0 Å². The van der Waals surface area contributed by atoms with Crippen molar-refractivity contribution < 1.29 is 4.79 Å². The van der Waals surface area contributed by atoms with Gasteiger partial charge in [-0.25, -0.2) is 4.79 Å². The monoisotopic (exact) mass is 172 g/mol. The molecule has 12 heavy (non-hydrogen) atoms. The van der Waals surface area contributed by atoms with Crippen molar-refractivity contribution in [1.82, 2.24) is 10.2 Å². The average molecular weight is 172 g/mol. The summed E-state index contributed by atoms with van der Waals surface area (Å²) in [6, 6.07) is 0.361. The molecule has 0 bridgehead atoms. The third-order valence-corrected chi connectivity index (χ3v) is 2.02. The van der Waals surface area contributed by atoms with Crippen molar-refractivity contribution in [2.45, 2.75) is 39.7 Å². The minimum Gasteiger partial charge on any atom is -0.338 e. The van der Waals surface area contributed by atoms with Crippen molar-refractivity contribution in [2.24, 2.45) is 0 Å². The van der Waals surface area contributed by atoms with Crippen molar-refractivity contribution in [1.29, 1.82) is 0 Å². The molecule has 1 atom stereocenters. The van der Waals surface area contributed by atoms with E-state index < -0.39 is 0 Å². The van der Waals surface area contributed by atoms with E-state index in [0.29, 0.717) is 12.6 Å². The largest absolute Gasteiger partial charge is 0.338 e. The highest BCUT2D eigenvalue weighted by atomic mass is 16.2. The first-order chi connectivity index (χ1) is 5.63. The molecule has 0 aliphatic rings. The quantitative estimate of drug-likeness (QED) is 0.689. The third kappa shape index (κ3) is 3.60. The predicted octanol–water partition coefficient (Wildman–Crippen LogP) is 1.84. The summed E-state index contributed by atoms with van der Waals surface area (Å²) in [5, 5.41) is 2.77. The van der Waals surface area contributed by atoms with Crippen molar-refractivity contribution in [3.05, 3.63) is 0 Å². The molecule has 0 aromatic heterocycles. The number of nitrogens with zero attached hydrogens (tertiary/aromatic N) is 1. The molecule has 2 amide bonds. The molecule has 0 rings (SSSR count). The second-order valence-corrected chi connectivity index (χ2v) is 3.08. The molecule has 3 nitrogen and oxygen atoms in total. The van der Waals surface area contributed by atoms with Gasteiger partial charge in [-0.3, -0.25) is 0 Å². The van der Waals surface area contributed by atoms with Gasteiger partial charge in [0.15, 0.2) is 0 Å². The van der Waals surface area contributed by atoms with Crippen molar-refractivity contribution >= 4 is 6.03 Å². The number of hydrogen-bond acceptors (Lipinski definition) is 1. The number of rotatable bonds is 4. The number of urea groups is 1. The van der Waals surface area contributed by atoms with Crippen LogP contribution in [0.5, 0.6) is 0 Å². The second-order valence-electron chi connectivity index (χ2n) is 3.08. The molecular formula is C9H20N2O. The van der Waals surface area contributed by atoms with Crippen LogP contribution >= 0.6 is 0 Å². The predicted molar refractivity (Wildman–Crippen MR) is 51.2 cm³/mol. The lowest BCUT2D eigenvalue weighted by molar-refractivity contribution is 0.191. The highest BCUT2D eigenvalue weighted by molar-refractivity contribution is 5.74. The van der Waals surface area contributed by atoms with Gasteiger partial charge < -0.3 is 10.2 Å². The van der Waals surface area contributed by atoms with Crippen LogP contribution in [0.1, 0.15) is 33.6 Å². The highest BCUT2D eigenvalue weighted by Gasteiger charge is 2.12. The van der Waals surface area contributed by atoms with Crippen LogP contribution in [-0.4, -0.2) is 30.6 Å². The molecule has 0 radical (unpaired) electrons. The van der Waals surface area contributed by atoms with E-state index in [1.54, 1.807) is 4.90 Å². The molecule has 0 aromatic carbocycles. The number of carbonyl (C=O) groups is 1. The fraction of sp³-hybridized carbons (Fsp3) is 0.889. The van der Waals surface area contributed by atoms with E-state index in [1.807, 2.05) is 14.0 Å². The molecule has 0 saturated heterocycles. The second kappa shape index (κ2) is 5.86. The lowest BCUT2D eigenvalue weighted by atomic mass is 10.2. The van der Waals surface area contributed by atoms with Gasteiger partial charge >= 0.3 is 6.03 Å². The van der Waals surface area contributed by atoms with Crippen molar-refractivity contribution in [2.75, 3.05) is 13.6 Å².